The van der Waals surface area contributed by atoms with E-state index >= 15 is 0 Å². The van der Waals surface area contributed by atoms with Crippen molar-refractivity contribution in [1.29, 1.82) is 0 Å². The molecule has 8 nitrogen and oxygen atoms in total. The lowest BCUT2D eigenvalue weighted by atomic mass is 10.2. The molecule has 1 amide bonds. The van der Waals surface area contributed by atoms with E-state index in [-0.39, 0.29) is 42.9 Å². The van der Waals surface area contributed by atoms with Gasteiger partial charge in [0.2, 0.25) is 15.9 Å². The summed E-state index contributed by atoms with van der Waals surface area (Å²) in [4.78, 5) is 13.8. The first-order valence-corrected chi connectivity index (χ1v) is 9.09. The van der Waals surface area contributed by atoms with Crippen LogP contribution in [0.5, 0.6) is 0 Å². The van der Waals surface area contributed by atoms with Crippen LogP contribution in [0.1, 0.15) is 22.1 Å². The van der Waals surface area contributed by atoms with Crippen molar-refractivity contribution < 1.29 is 22.0 Å². The molecule has 0 spiro atoms. The van der Waals surface area contributed by atoms with Crippen LogP contribution in [0.25, 0.3) is 0 Å². The second-order valence-electron chi connectivity index (χ2n) is 5.73. The molecule has 0 aliphatic carbocycles. The highest BCUT2D eigenvalue weighted by Gasteiger charge is 2.32. The minimum atomic E-state index is -3.74. The number of halogens is 1. The fourth-order valence-electron chi connectivity index (χ4n) is 2.69. The van der Waals surface area contributed by atoms with Gasteiger partial charge < -0.3 is 9.32 Å². The molecule has 10 heteroatoms. The van der Waals surface area contributed by atoms with E-state index in [0.29, 0.717) is 5.56 Å². The quantitative estimate of drug-likeness (QED) is 0.801. The molecule has 134 valence electrons. The van der Waals surface area contributed by atoms with E-state index in [4.69, 9.17) is 4.42 Å². The van der Waals surface area contributed by atoms with E-state index in [0.717, 1.165) is 6.07 Å². The zero-order chi connectivity index (χ0) is 18.2. The largest absolute Gasteiger partial charge is 0.417 e. The number of hydrogen-bond donors (Lipinski definition) is 0. The van der Waals surface area contributed by atoms with Crippen LogP contribution >= 0.6 is 0 Å². The van der Waals surface area contributed by atoms with Crippen molar-refractivity contribution in [3.05, 3.63) is 41.4 Å². The van der Waals surface area contributed by atoms with Crippen LogP contribution in [0, 0.1) is 19.7 Å². The summed E-state index contributed by atoms with van der Waals surface area (Å²) in [6, 6.07) is 3.57. The molecule has 3 rings (SSSR count). The Hall–Kier alpha value is -2.33. The first-order chi connectivity index (χ1) is 11.8. The van der Waals surface area contributed by atoms with E-state index < -0.39 is 21.7 Å². The number of carbonyl (C=O) groups excluding carboxylic acids is 1. The smallest absolute Gasteiger partial charge is 0.311 e. The number of aromatic nitrogens is 2. The summed E-state index contributed by atoms with van der Waals surface area (Å²) in [5.41, 5.74) is 0.347. The SMILES string of the molecule is Cc1nnc(C(=O)N2CCN(S(=O)(=O)c3ccc(F)cc3C)CC2)o1. The topological polar surface area (TPSA) is 96.6 Å². The molecule has 0 bridgehead atoms. The molecule has 0 saturated carbocycles. The summed E-state index contributed by atoms with van der Waals surface area (Å²) < 4.78 is 45.1. The minimum absolute atomic E-state index is 0.0706. The van der Waals surface area contributed by atoms with Crippen LogP contribution in [-0.4, -0.2) is 59.9 Å². The maximum absolute atomic E-state index is 13.2. The maximum Gasteiger partial charge on any atom is 0.311 e. The van der Waals surface area contributed by atoms with Crippen LogP contribution in [0.3, 0.4) is 0 Å². The third-order valence-electron chi connectivity index (χ3n) is 3.99. The number of aryl methyl sites for hydroxylation is 2. The van der Waals surface area contributed by atoms with E-state index in [1.165, 1.54) is 21.3 Å². The van der Waals surface area contributed by atoms with Crippen LogP contribution in [-0.2, 0) is 10.0 Å². The van der Waals surface area contributed by atoms with Gasteiger partial charge in [0.25, 0.3) is 0 Å². The summed E-state index contributed by atoms with van der Waals surface area (Å²) in [6.45, 7) is 3.82. The molecule has 25 heavy (non-hydrogen) atoms. The van der Waals surface area contributed by atoms with Crippen molar-refractivity contribution in [2.45, 2.75) is 18.7 Å². The van der Waals surface area contributed by atoms with E-state index in [1.807, 2.05) is 0 Å². The minimum Gasteiger partial charge on any atom is -0.417 e. The molecule has 0 radical (unpaired) electrons. The number of rotatable bonds is 3. The number of piperazine rings is 1. The number of amides is 1. The van der Waals surface area contributed by atoms with E-state index in [2.05, 4.69) is 10.2 Å². The van der Waals surface area contributed by atoms with Crippen molar-refractivity contribution in [3.63, 3.8) is 0 Å². The lowest BCUT2D eigenvalue weighted by Gasteiger charge is -2.33. The lowest BCUT2D eigenvalue weighted by molar-refractivity contribution is 0.0656. The van der Waals surface area contributed by atoms with Gasteiger partial charge in [0, 0.05) is 33.1 Å². The highest BCUT2D eigenvalue weighted by Crippen LogP contribution is 2.22. The van der Waals surface area contributed by atoms with Gasteiger partial charge in [-0.1, -0.05) is 0 Å². The van der Waals surface area contributed by atoms with Gasteiger partial charge in [-0.3, -0.25) is 4.79 Å². The Morgan fingerprint density at radius 1 is 1.16 bits per heavy atom. The third-order valence-corrected chi connectivity index (χ3v) is 6.05. The van der Waals surface area contributed by atoms with Crippen molar-refractivity contribution in [2.24, 2.45) is 0 Å². The molecular formula is C15H17FN4O4S. The average Bonchev–Trinajstić information content (AvgIpc) is 3.00. The van der Waals surface area contributed by atoms with Gasteiger partial charge in [0.1, 0.15) is 5.82 Å². The van der Waals surface area contributed by atoms with Crippen LogP contribution in [0.2, 0.25) is 0 Å². The van der Waals surface area contributed by atoms with Gasteiger partial charge in [-0.25, -0.2) is 12.8 Å². The summed E-state index contributed by atoms with van der Waals surface area (Å²) in [5.74, 6) is -0.725. The van der Waals surface area contributed by atoms with Crippen molar-refractivity contribution >= 4 is 15.9 Å². The van der Waals surface area contributed by atoms with Crippen molar-refractivity contribution in [3.8, 4) is 0 Å². The van der Waals surface area contributed by atoms with Gasteiger partial charge in [-0.05, 0) is 30.7 Å². The fourth-order valence-corrected chi connectivity index (χ4v) is 4.32. The van der Waals surface area contributed by atoms with Crippen LogP contribution in [0.15, 0.2) is 27.5 Å². The first kappa shape index (κ1) is 17.5. The molecule has 1 aliphatic heterocycles. The number of hydrogen-bond acceptors (Lipinski definition) is 6. The van der Waals surface area contributed by atoms with Crippen molar-refractivity contribution in [2.75, 3.05) is 26.2 Å². The van der Waals surface area contributed by atoms with Gasteiger partial charge in [0.05, 0.1) is 4.90 Å². The second kappa shape index (κ2) is 6.52. The Morgan fingerprint density at radius 2 is 1.84 bits per heavy atom. The molecule has 1 aromatic carbocycles. The predicted molar refractivity (Wildman–Crippen MR) is 84.8 cm³/mol. The number of nitrogens with zero attached hydrogens (tertiary/aromatic N) is 4. The second-order valence-corrected chi connectivity index (χ2v) is 7.64. The molecule has 1 aromatic heterocycles. The zero-order valence-corrected chi connectivity index (χ0v) is 14.6. The lowest BCUT2D eigenvalue weighted by Crippen LogP contribution is -2.50. The number of sulfonamides is 1. The summed E-state index contributed by atoms with van der Waals surface area (Å²) in [7, 11) is -3.74. The normalized spacial score (nSPS) is 16.2. The third kappa shape index (κ3) is 3.40. The van der Waals surface area contributed by atoms with E-state index in [9.17, 15) is 17.6 Å². The monoisotopic (exact) mass is 368 g/mol. The van der Waals surface area contributed by atoms with Gasteiger partial charge in [0.15, 0.2) is 0 Å². The maximum atomic E-state index is 13.2. The summed E-state index contributed by atoms with van der Waals surface area (Å²) in [6.07, 6.45) is 0. The summed E-state index contributed by atoms with van der Waals surface area (Å²) >= 11 is 0. The molecule has 1 fully saturated rings. The molecule has 2 aromatic rings. The Bertz CT molecular complexity index is 904. The standard InChI is InChI=1S/C15H17FN4O4S/c1-10-9-12(16)3-4-13(10)25(22,23)20-7-5-19(6-8-20)15(21)14-18-17-11(2)24-14/h3-4,9H,5-8H2,1-2H3. The molecule has 0 atom stereocenters. The molecule has 1 aliphatic rings. The Balaban J connectivity index is 1.72. The molecule has 1 saturated heterocycles. The predicted octanol–water partition coefficient (Wildman–Crippen LogP) is 0.972. The number of benzene rings is 1. The molecular weight excluding hydrogens is 351 g/mol. The highest BCUT2D eigenvalue weighted by atomic mass is 32.2. The Labute approximate surface area is 144 Å². The average molecular weight is 368 g/mol. The van der Waals surface area contributed by atoms with Crippen molar-refractivity contribution in [1.82, 2.24) is 19.4 Å². The Kier molecular flexibility index (Phi) is 4.56. The summed E-state index contributed by atoms with van der Waals surface area (Å²) in [5, 5.41) is 7.29. The highest BCUT2D eigenvalue weighted by molar-refractivity contribution is 7.89. The van der Waals surface area contributed by atoms with E-state index in [1.54, 1.807) is 13.8 Å². The zero-order valence-electron chi connectivity index (χ0n) is 13.8. The van der Waals surface area contributed by atoms with Gasteiger partial charge >= 0.3 is 11.8 Å². The molecule has 0 N–H and O–H groups in total. The van der Waals surface area contributed by atoms with Crippen LogP contribution in [0.4, 0.5) is 4.39 Å². The fraction of sp³-hybridized carbons (Fsp3) is 0.400. The Morgan fingerprint density at radius 3 is 2.40 bits per heavy atom. The van der Waals surface area contributed by atoms with Gasteiger partial charge in [-0.15, -0.1) is 10.2 Å². The van der Waals surface area contributed by atoms with Gasteiger partial charge in [-0.2, -0.15) is 4.31 Å². The molecule has 0 unspecified atom stereocenters. The first-order valence-electron chi connectivity index (χ1n) is 7.65. The molecule has 2 heterocycles. The van der Waals surface area contributed by atoms with Crippen LogP contribution < -0.4 is 0 Å². The number of carbonyl (C=O) groups is 1.